The highest BCUT2D eigenvalue weighted by molar-refractivity contribution is 5.70. The maximum Gasteiger partial charge on any atom is 0.331 e. The van der Waals surface area contributed by atoms with Gasteiger partial charge in [0.1, 0.15) is 6.61 Å². The number of hydrogen-bond donors (Lipinski definition) is 1. The largest absolute Gasteiger partial charge is 0.494 e. The van der Waals surface area contributed by atoms with Crippen molar-refractivity contribution >= 4 is 5.97 Å². The third kappa shape index (κ3) is 3.97. The van der Waals surface area contributed by atoms with E-state index in [4.69, 9.17) is 15.2 Å². The highest BCUT2D eigenvalue weighted by Gasteiger charge is 2.11. The first kappa shape index (κ1) is 14.4. The van der Waals surface area contributed by atoms with Gasteiger partial charge in [-0.15, -0.1) is 0 Å². The fraction of sp³-hybridized carbons (Fsp3) is 0.417. The zero-order valence-corrected chi connectivity index (χ0v) is 10.3. The van der Waals surface area contributed by atoms with Gasteiger partial charge in [0, 0.05) is 0 Å². The number of nitrogens with two attached hydrogens (primary N) is 1. The van der Waals surface area contributed by atoms with Gasteiger partial charge in [-0.2, -0.15) is 0 Å². The van der Waals surface area contributed by atoms with E-state index in [1.54, 1.807) is 6.07 Å². The summed E-state index contributed by atoms with van der Waals surface area (Å²) in [6.45, 7) is -0.0797. The molecule has 1 aromatic rings. The number of ether oxygens (including phenoxy) is 3. The molecular weight excluding hydrogens is 241 g/mol. The first-order chi connectivity index (χ1) is 8.58. The summed E-state index contributed by atoms with van der Waals surface area (Å²) in [7, 11) is 2.65. The second-order valence-electron chi connectivity index (χ2n) is 3.59. The molecule has 0 bridgehead atoms. The third-order valence-electron chi connectivity index (χ3n) is 2.35. The number of methoxy groups -OCH3 is 2. The number of halogens is 1. The monoisotopic (exact) mass is 257 g/mol. The van der Waals surface area contributed by atoms with Gasteiger partial charge in [0.25, 0.3) is 0 Å². The van der Waals surface area contributed by atoms with E-state index in [1.807, 2.05) is 0 Å². The molecular formula is C12H16FNO4. The second-order valence-corrected chi connectivity index (χ2v) is 3.59. The summed E-state index contributed by atoms with van der Waals surface area (Å²) >= 11 is 0. The zero-order chi connectivity index (χ0) is 13.5. The molecule has 2 N–H and O–H groups in total. The van der Waals surface area contributed by atoms with Crippen LogP contribution in [0.3, 0.4) is 0 Å². The molecule has 1 aromatic carbocycles. The molecule has 0 fully saturated rings. The van der Waals surface area contributed by atoms with Crippen LogP contribution in [0.2, 0.25) is 0 Å². The molecule has 0 aliphatic carbocycles. The SMILES string of the molecule is COC(=O)COCC(N)c1ccc(OC)c(F)c1. The Morgan fingerprint density at radius 1 is 1.44 bits per heavy atom. The molecule has 1 unspecified atom stereocenters. The lowest BCUT2D eigenvalue weighted by atomic mass is 10.1. The van der Waals surface area contributed by atoms with Crippen LogP contribution >= 0.6 is 0 Å². The normalized spacial score (nSPS) is 12.0. The first-order valence-corrected chi connectivity index (χ1v) is 5.32. The molecule has 0 aromatic heterocycles. The minimum Gasteiger partial charge on any atom is -0.494 e. The standard InChI is InChI=1S/C12H16FNO4/c1-16-11-4-3-8(5-9(11)13)10(14)6-18-7-12(15)17-2/h3-5,10H,6-7,14H2,1-2H3. The van der Waals surface area contributed by atoms with Gasteiger partial charge in [0.15, 0.2) is 11.6 Å². The average Bonchev–Trinajstić information content (AvgIpc) is 2.38. The molecule has 0 aliphatic rings. The van der Waals surface area contributed by atoms with E-state index in [-0.39, 0.29) is 19.0 Å². The molecule has 18 heavy (non-hydrogen) atoms. The number of carbonyl (C=O) groups excluding carboxylic acids is 1. The highest BCUT2D eigenvalue weighted by atomic mass is 19.1. The van der Waals surface area contributed by atoms with Gasteiger partial charge in [-0.05, 0) is 17.7 Å². The van der Waals surface area contributed by atoms with Gasteiger partial charge in [-0.25, -0.2) is 9.18 Å². The lowest BCUT2D eigenvalue weighted by Crippen LogP contribution is -2.20. The van der Waals surface area contributed by atoms with E-state index in [2.05, 4.69) is 4.74 Å². The van der Waals surface area contributed by atoms with Crippen LogP contribution < -0.4 is 10.5 Å². The quantitative estimate of drug-likeness (QED) is 0.770. The lowest BCUT2D eigenvalue weighted by Gasteiger charge is -2.13. The van der Waals surface area contributed by atoms with Crippen molar-refractivity contribution < 1.29 is 23.4 Å². The summed E-state index contributed by atoms with van der Waals surface area (Å²) in [5.74, 6) is -0.817. The topological polar surface area (TPSA) is 70.8 Å². The molecule has 0 aliphatic heterocycles. The number of benzene rings is 1. The van der Waals surface area contributed by atoms with Crippen LogP contribution in [0, 0.1) is 5.82 Å². The average molecular weight is 257 g/mol. The van der Waals surface area contributed by atoms with Crippen LogP contribution in [0.25, 0.3) is 0 Å². The maximum absolute atomic E-state index is 13.4. The molecule has 0 saturated heterocycles. The Labute approximate surface area is 105 Å². The third-order valence-corrected chi connectivity index (χ3v) is 2.35. The Bertz CT molecular complexity index is 411. The summed E-state index contributed by atoms with van der Waals surface area (Å²) in [5.41, 5.74) is 6.37. The summed E-state index contributed by atoms with van der Waals surface area (Å²) in [4.78, 5) is 10.8. The highest BCUT2D eigenvalue weighted by Crippen LogP contribution is 2.20. The van der Waals surface area contributed by atoms with Crippen molar-refractivity contribution in [2.45, 2.75) is 6.04 Å². The molecule has 0 radical (unpaired) electrons. The van der Waals surface area contributed by atoms with Crippen LogP contribution in [0.15, 0.2) is 18.2 Å². The number of hydrogen-bond acceptors (Lipinski definition) is 5. The molecule has 0 amide bonds. The molecule has 100 valence electrons. The van der Waals surface area contributed by atoms with Crippen LogP contribution in [0.4, 0.5) is 4.39 Å². The van der Waals surface area contributed by atoms with Crippen molar-refractivity contribution in [1.29, 1.82) is 0 Å². The second kappa shape index (κ2) is 6.93. The summed E-state index contributed by atoms with van der Waals surface area (Å²) < 4.78 is 27.7. The van der Waals surface area contributed by atoms with Gasteiger partial charge in [0.2, 0.25) is 0 Å². The van der Waals surface area contributed by atoms with Crippen LogP contribution in [-0.2, 0) is 14.3 Å². The fourth-order valence-electron chi connectivity index (χ4n) is 1.34. The number of carbonyl (C=O) groups is 1. The Balaban J connectivity index is 2.53. The molecule has 0 heterocycles. The molecule has 0 spiro atoms. The van der Waals surface area contributed by atoms with Gasteiger partial charge in [-0.1, -0.05) is 6.07 Å². The van der Waals surface area contributed by atoms with Gasteiger partial charge < -0.3 is 19.9 Å². The molecule has 1 rings (SSSR count). The van der Waals surface area contributed by atoms with E-state index >= 15 is 0 Å². The predicted molar refractivity (Wildman–Crippen MR) is 62.7 cm³/mol. The van der Waals surface area contributed by atoms with Crippen LogP contribution in [0.5, 0.6) is 5.75 Å². The molecule has 1 atom stereocenters. The summed E-state index contributed by atoms with van der Waals surface area (Å²) in [5, 5.41) is 0. The smallest absolute Gasteiger partial charge is 0.331 e. The predicted octanol–water partition coefficient (Wildman–Crippen LogP) is 1.02. The van der Waals surface area contributed by atoms with Crippen molar-refractivity contribution in [3.8, 4) is 5.75 Å². The molecule has 6 heteroatoms. The zero-order valence-electron chi connectivity index (χ0n) is 10.3. The number of esters is 1. The van der Waals surface area contributed by atoms with Gasteiger partial charge in [-0.3, -0.25) is 0 Å². The summed E-state index contributed by atoms with van der Waals surface area (Å²) in [6, 6.07) is 3.90. The van der Waals surface area contributed by atoms with Crippen molar-refractivity contribution in [1.82, 2.24) is 0 Å². The van der Waals surface area contributed by atoms with E-state index in [0.717, 1.165) is 0 Å². The minimum atomic E-state index is -0.518. The minimum absolute atomic E-state index is 0.0981. The lowest BCUT2D eigenvalue weighted by molar-refractivity contribution is -0.146. The Morgan fingerprint density at radius 3 is 2.72 bits per heavy atom. The van der Waals surface area contributed by atoms with Crippen molar-refractivity contribution in [3.05, 3.63) is 29.6 Å². The van der Waals surface area contributed by atoms with Crippen molar-refractivity contribution in [3.63, 3.8) is 0 Å². The van der Waals surface area contributed by atoms with Crippen molar-refractivity contribution in [2.75, 3.05) is 27.4 Å². The van der Waals surface area contributed by atoms with Gasteiger partial charge in [0.05, 0.1) is 26.9 Å². The van der Waals surface area contributed by atoms with E-state index in [0.29, 0.717) is 5.56 Å². The van der Waals surface area contributed by atoms with E-state index in [1.165, 1.54) is 26.4 Å². The van der Waals surface area contributed by atoms with E-state index < -0.39 is 17.8 Å². The van der Waals surface area contributed by atoms with Crippen molar-refractivity contribution in [2.24, 2.45) is 5.73 Å². The fourth-order valence-corrected chi connectivity index (χ4v) is 1.34. The van der Waals surface area contributed by atoms with Gasteiger partial charge >= 0.3 is 5.97 Å². The number of rotatable bonds is 6. The Kier molecular flexibility index (Phi) is 5.54. The molecule has 0 saturated carbocycles. The van der Waals surface area contributed by atoms with Crippen LogP contribution in [-0.4, -0.2) is 33.4 Å². The van der Waals surface area contributed by atoms with Crippen LogP contribution in [0.1, 0.15) is 11.6 Å². The van der Waals surface area contributed by atoms with E-state index in [9.17, 15) is 9.18 Å². The Hall–Kier alpha value is -1.66. The Morgan fingerprint density at radius 2 is 2.17 bits per heavy atom. The summed E-state index contributed by atoms with van der Waals surface area (Å²) in [6.07, 6.45) is 0. The maximum atomic E-state index is 13.4. The molecule has 5 nitrogen and oxygen atoms in total. The first-order valence-electron chi connectivity index (χ1n) is 5.32.